The maximum Gasteiger partial charge on any atom is 0.252 e. The van der Waals surface area contributed by atoms with Crippen molar-refractivity contribution in [3.8, 4) is 11.5 Å². The standard InChI is InChI=1S/C18H21FN4O3/c1-23(11-4-5-11)18-15(19)9-14(16(20)24)17(22-18)21-10-6-12(25-2)8-13(7-10)26-3/h6-9,11H,4-5H2,1-3H3,(H2,20,24)(H,21,22). The molecular formula is C18H21FN4O3. The Morgan fingerprint density at radius 3 is 2.35 bits per heavy atom. The van der Waals surface area contributed by atoms with Crippen LogP contribution in [0.15, 0.2) is 24.3 Å². The number of amides is 1. The molecule has 2 aromatic rings. The molecule has 1 saturated carbocycles. The Hall–Kier alpha value is -3.03. The van der Waals surface area contributed by atoms with Gasteiger partial charge < -0.3 is 25.4 Å². The number of carbonyl (C=O) groups excluding carboxylic acids is 1. The maximum atomic E-state index is 14.4. The number of ether oxygens (including phenoxy) is 2. The average Bonchev–Trinajstić information content (AvgIpc) is 3.46. The van der Waals surface area contributed by atoms with Crippen molar-refractivity contribution in [1.82, 2.24) is 4.98 Å². The Bertz CT molecular complexity index is 817. The van der Waals surface area contributed by atoms with Crippen LogP contribution < -0.4 is 25.4 Å². The van der Waals surface area contributed by atoms with E-state index < -0.39 is 11.7 Å². The first-order chi connectivity index (χ1) is 12.4. The van der Waals surface area contributed by atoms with E-state index >= 15 is 0 Å². The molecule has 7 nitrogen and oxygen atoms in total. The summed E-state index contributed by atoms with van der Waals surface area (Å²) in [5.74, 6) is 0.123. The van der Waals surface area contributed by atoms with Crippen molar-refractivity contribution in [3.63, 3.8) is 0 Å². The van der Waals surface area contributed by atoms with Crippen LogP contribution in [-0.2, 0) is 0 Å². The topological polar surface area (TPSA) is 89.7 Å². The van der Waals surface area contributed by atoms with Gasteiger partial charge in [-0.1, -0.05) is 0 Å². The second kappa shape index (κ2) is 7.07. The van der Waals surface area contributed by atoms with Crippen molar-refractivity contribution in [2.24, 2.45) is 5.73 Å². The summed E-state index contributed by atoms with van der Waals surface area (Å²) in [4.78, 5) is 17.8. The Morgan fingerprint density at radius 2 is 1.85 bits per heavy atom. The fourth-order valence-corrected chi connectivity index (χ4v) is 2.66. The molecule has 3 N–H and O–H groups in total. The number of carbonyl (C=O) groups is 1. The summed E-state index contributed by atoms with van der Waals surface area (Å²) in [6.07, 6.45) is 1.98. The monoisotopic (exact) mass is 360 g/mol. The smallest absolute Gasteiger partial charge is 0.252 e. The summed E-state index contributed by atoms with van der Waals surface area (Å²) < 4.78 is 24.9. The number of rotatable bonds is 7. The summed E-state index contributed by atoms with van der Waals surface area (Å²) in [6, 6.07) is 6.51. The highest BCUT2D eigenvalue weighted by Gasteiger charge is 2.30. The lowest BCUT2D eigenvalue weighted by molar-refractivity contribution is 0.100. The average molecular weight is 360 g/mol. The Kier molecular flexibility index (Phi) is 4.83. The number of halogens is 1. The van der Waals surface area contributed by atoms with E-state index in [2.05, 4.69) is 10.3 Å². The zero-order chi connectivity index (χ0) is 18.8. The minimum absolute atomic E-state index is 0.0303. The molecule has 1 aromatic heterocycles. The molecule has 1 amide bonds. The van der Waals surface area contributed by atoms with Gasteiger partial charge in [0.1, 0.15) is 17.3 Å². The highest BCUT2D eigenvalue weighted by Crippen LogP contribution is 2.34. The van der Waals surface area contributed by atoms with Crippen molar-refractivity contribution in [3.05, 3.63) is 35.6 Å². The third-order valence-electron chi connectivity index (χ3n) is 4.27. The van der Waals surface area contributed by atoms with Crippen LogP contribution >= 0.6 is 0 Å². The lowest BCUT2D eigenvalue weighted by atomic mass is 10.2. The van der Waals surface area contributed by atoms with E-state index in [1.807, 2.05) is 0 Å². The fraction of sp³-hybridized carbons (Fsp3) is 0.333. The van der Waals surface area contributed by atoms with E-state index in [4.69, 9.17) is 15.2 Å². The van der Waals surface area contributed by atoms with Gasteiger partial charge in [-0.05, 0) is 18.9 Å². The van der Waals surface area contributed by atoms with Gasteiger partial charge in [-0.3, -0.25) is 4.79 Å². The van der Waals surface area contributed by atoms with Gasteiger partial charge in [0.05, 0.1) is 19.8 Å². The highest BCUT2D eigenvalue weighted by atomic mass is 19.1. The Balaban J connectivity index is 2.02. The van der Waals surface area contributed by atoms with Gasteiger partial charge in [-0.2, -0.15) is 0 Å². The number of nitrogens with zero attached hydrogens (tertiary/aromatic N) is 2. The maximum absolute atomic E-state index is 14.4. The number of hydrogen-bond acceptors (Lipinski definition) is 6. The van der Waals surface area contributed by atoms with Gasteiger partial charge in [0.15, 0.2) is 11.6 Å². The van der Waals surface area contributed by atoms with Crippen molar-refractivity contribution < 1.29 is 18.7 Å². The molecule has 0 atom stereocenters. The van der Waals surface area contributed by atoms with Crippen LogP contribution in [0.3, 0.4) is 0 Å². The predicted octanol–water partition coefficient (Wildman–Crippen LogP) is 2.68. The van der Waals surface area contributed by atoms with Gasteiger partial charge in [-0.25, -0.2) is 9.37 Å². The van der Waals surface area contributed by atoms with Gasteiger partial charge in [-0.15, -0.1) is 0 Å². The first-order valence-electron chi connectivity index (χ1n) is 8.16. The lowest BCUT2D eigenvalue weighted by Gasteiger charge is -2.20. The first kappa shape index (κ1) is 17.8. The first-order valence-corrected chi connectivity index (χ1v) is 8.16. The number of benzene rings is 1. The molecule has 0 bridgehead atoms. The normalized spacial score (nSPS) is 13.2. The molecule has 8 heteroatoms. The van der Waals surface area contributed by atoms with Gasteiger partial charge in [0, 0.05) is 37.0 Å². The Morgan fingerprint density at radius 1 is 1.23 bits per heavy atom. The lowest BCUT2D eigenvalue weighted by Crippen LogP contribution is -2.24. The van der Waals surface area contributed by atoms with Gasteiger partial charge in [0.25, 0.3) is 5.91 Å². The van der Waals surface area contributed by atoms with Crippen molar-refractivity contribution in [2.75, 3.05) is 31.5 Å². The minimum Gasteiger partial charge on any atom is -0.497 e. The van der Waals surface area contributed by atoms with E-state index in [1.165, 1.54) is 14.2 Å². The summed E-state index contributed by atoms with van der Waals surface area (Å²) in [5.41, 5.74) is 5.94. The van der Waals surface area contributed by atoms with Crippen LogP contribution in [0, 0.1) is 5.82 Å². The number of methoxy groups -OCH3 is 2. The summed E-state index contributed by atoms with van der Waals surface area (Å²) >= 11 is 0. The third-order valence-corrected chi connectivity index (χ3v) is 4.27. The summed E-state index contributed by atoms with van der Waals surface area (Å²) in [7, 11) is 4.85. The fourth-order valence-electron chi connectivity index (χ4n) is 2.66. The second-order valence-corrected chi connectivity index (χ2v) is 6.12. The quantitative estimate of drug-likeness (QED) is 0.789. The molecule has 0 saturated heterocycles. The number of nitrogens with one attached hydrogen (secondary N) is 1. The van der Waals surface area contributed by atoms with E-state index in [1.54, 1.807) is 30.1 Å². The molecule has 0 spiro atoms. The van der Waals surface area contributed by atoms with Crippen LogP contribution in [0.2, 0.25) is 0 Å². The summed E-state index contributed by atoms with van der Waals surface area (Å²) in [6.45, 7) is 0. The van der Waals surface area contributed by atoms with Crippen molar-refractivity contribution in [2.45, 2.75) is 18.9 Å². The van der Waals surface area contributed by atoms with Crippen molar-refractivity contribution in [1.29, 1.82) is 0 Å². The van der Waals surface area contributed by atoms with Gasteiger partial charge >= 0.3 is 0 Å². The molecule has 1 aromatic carbocycles. The third kappa shape index (κ3) is 3.63. The van der Waals surface area contributed by atoms with Crippen LogP contribution in [0.1, 0.15) is 23.2 Å². The van der Waals surface area contributed by atoms with Crippen LogP contribution in [0.4, 0.5) is 21.7 Å². The molecular weight excluding hydrogens is 339 g/mol. The molecule has 1 aliphatic rings. The van der Waals surface area contributed by atoms with E-state index in [-0.39, 0.29) is 23.2 Å². The second-order valence-electron chi connectivity index (χ2n) is 6.12. The zero-order valence-corrected chi connectivity index (χ0v) is 14.9. The SMILES string of the molecule is COc1cc(Nc2nc(N(C)C3CC3)c(F)cc2C(N)=O)cc(OC)c1. The molecule has 1 fully saturated rings. The van der Waals surface area contributed by atoms with Gasteiger partial charge in [0.2, 0.25) is 0 Å². The molecule has 1 aliphatic carbocycles. The predicted molar refractivity (Wildman–Crippen MR) is 97.0 cm³/mol. The number of anilines is 3. The van der Waals surface area contributed by atoms with Crippen LogP contribution in [0.5, 0.6) is 11.5 Å². The number of primary amides is 1. The Labute approximate surface area is 150 Å². The molecule has 3 rings (SSSR count). The largest absolute Gasteiger partial charge is 0.497 e. The molecule has 0 aliphatic heterocycles. The van der Waals surface area contributed by atoms with E-state index in [0.29, 0.717) is 17.2 Å². The molecule has 26 heavy (non-hydrogen) atoms. The molecule has 0 radical (unpaired) electrons. The molecule has 1 heterocycles. The van der Waals surface area contributed by atoms with Crippen molar-refractivity contribution >= 4 is 23.2 Å². The number of nitrogens with two attached hydrogens (primary N) is 1. The number of pyridine rings is 1. The van der Waals surface area contributed by atoms with Crippen LogP contribution in [-0.4, -0.2) is 38.2 Å². The molecule has 138 valence electrons. The molecule has 0 unspecified atom stereocenters. The summed E-state index contributed by atoms with van der Waals surface area (Å²) in [5, 5.41) is 3.02. The van der Waals surface area contributed by atoms with E-state index in [0.717, 1.165) is 18.9 Å². The zero-order valence-electron chi connectivity index (χ0n) is 14.9. The highest BCUT2D eigenvalue weighted by molar-refractivity contribution is 5.98. The number of hydrogen-bond donors (Lipinski definition) is 2. The van der Waals surface area contributed by atoms with Crippen LogP contribution in [0.25, 0.3) is 0 Å². The van der Waals surface area contributed by atoms with E-state index in [9.17, 15) is 9.18 Å². The minimum atomic E-state index is -0.769. The number of aromatic nitrogens is 1.